The van der Waals surface area contributed by atoms with E-state index in [1.165, 1.54) is 0 Å². The highest BCUT2D eigenvalue weighted by Gasteiger charge is 2.27. The predicted molar refractivity (Wildman–Crippen MR) is 45.7 cm³/mol. The van der Waals surface area contributed by atoms with Crippen LogP contribution in [-0.2, 0) is 4.79 Å². The molecule has 0 unspecified atom stereocenters. The van der Waals surface area contributed by atoms with Crippen molar-refractivity contribution in [1.29, 1.82) is 0 Å². The van der Waals surface area contributed by atoms with E-state index in [-0.39, 0.29) is 24.1 Å². The monoisotopic (exact) mass is 172 g/mol. The van der Waals surface area contributed by atoms with Crippen LogP contribution in [0.3, 0.4) is 0 Å². The van der Waals surface area contributed by atoms with Gasteiger partial charge in [-0.3, -0.25) is 4.79 Å². The van der Waals surface area contributed by atoms with Gasteiger partial charge in [0.15, 0.2) is 0 Å². The molecule has 0 bridgehead atoms. The summed E-state index contributed by atoms with van der Waals surface area (Å²) < 4.78 is 0. The molecule has 1 aliphatic heterocycles. The quantitative estimate of drug-likeness (QED) is 0.513. The van der Waals surface area contributed by atoms with Gasteiger partial charge in [-0.1, -0.05) is 0 Å². The molecule has 0 saturated carbocycles. The van der Waals surface area contributed by atoms with Crippen LogP contribution in [0.2, 0.25) is 0 Å². The molecular weight excluding hydrogens is 156 g/mol. The van der Waals surface area contributed by atoms with Crippen LogP contribution in [-0.4, -0.2) is 35.7 Å². The molecule has 12 heavy (non-hydrogen) atoms. The van der Waals surface area contributed by atoms with Gasteiger partial charge in [0, 0.05) is 12.6 Å². The molecule has 0 radical (unpaired) electrons. The highest BCUT2D eigenvalue weighted by atomic mass is 16.3. The predicted octanol–water partition coefficient (Wildman–Crippen LogP) is -0.766. The first-order valence-corrected chi connectivity index (χ1v) is 4.31. The largest absolute Gasteiger partial charge is 0.392 e. The van der Waals surface area contributed by atoms with Gasteiger partial charge in [-0.25, -0.2) is 0 Å². The lowest BCUT2D eigenvalue weighted by Crippen LogP contribution is -2.43. The topological polar surface area (TPSA) is 61.4 Å². The van der Waals surface area contributed by atoms with Gasteiger partial charge < -0.3 is 15.7 Å². The Kier molecular flexibility index (Phi) is 3.05. The van der Waals surface area contributed by atoms with Crippen LogP contribution in [0, 0.1) is 0 Å². The highest BCUT2D eigenvalue weighted by Crippen LogP contribution is 2.05. The molecule has 4 nitrogen and oxygen atoms in total. The molecule has 0 aromatic heterocycles. The highest BCUT2D eigenvalue weighted by molar-refractivity contribution is 5.82. The number of aliphatic hydroxyl groups excluding tert-OH is 1. The lowest BCUT2D eigenvalue weighted by molar-refractivity contribution is -0.123. The Bertz CT molecular complexity index is 170. The molecule has 3 N–H and O–H groups in total. The third-order valence-electron chi connectivity index (χ3n) is 1.86. The van der Waals surface area contributed by atoms with Gasteiger partial charge in [0.1, 0.15) is 0 Å². The van der Waals surface area contributed by atoms with E-state index in [2.05, 4.69) is 10.6 Å². The minimum atomic E-state index is -0.368. The minimum Gasteiger partial charge on any atom is -0.392 e. The van der Waals surface area contributed by atoms with Crippen LogP contribution in [0.1, 0.15) is 20.3 Å². The zero-order valence-electron chi connectivity index (χ0n) is 7.50. The molecule has 2 atom stereocenters. The average Bonchev–Trinajstić information content (AvgIpc) is 2.34. The summed E-state index contributed by atoms with van der Waals surface area (Å²) in [6, 6.07) is -0.0422. The molecule has 1 saturated heterocycles. The zero-order valence-corrected chi connectivity index (χ0v) is 7.50. The van der Waals surface area contributed by atoms with Crippen LogP contribution in [0.15, 0.2) is 0 Å². The molecule has 0 spiro atoms. The second kappa shape index (κ2) is 3.87. The maximum atomic E-state index is 11.3. The van der Waals surface area contributed by atoms with Gasteiger partial charge in [-0.05, 0) is 20.3 Å². The Hall–Kier alpha value is -0.610. The van der Waals surface area contributed by atoms with Crippen molar-refractivity contribution in [2.75, 3.05) is 6.54 Å². The summed E-state index contributed by atoms with van der Waals surface area (Å²) in [4.78, 5) is 11.3. The van der Waals surface area contributed by atoms with E-state index < -0.39 is 0 Å². The van der Waals surface area contributed by atoms with Crippen LogP contribution in [0.4, 0.5) is 0 Å². The number of carbonyl (C=O) groups is 1. The lowest BCUT2D eigenvalue weighted by atomic mass is 10.2. The van der Waals surface area contributed by atoms with Crippen LogP contribution < -0.4 is 10.6 Å². The van der Waals surface area contributed by atoms with E-state index in [9.17, 15) is 4.79 Å². The van der Waals surface area contributed by atoms with Gasteiger partial charge >= 0.3 is 0 Å². The molecule has 1 heterocycles. The van der Waals surface area contributed by atoms with Crippen molar-refractivity contribution >= 4 is 5.91 Å². The van der Waals surface area contributed by atoms with Crippen LogP contribution in [0.5, 0.6) is 0 Å². The van der Waals surface area contributed by atoms with Crippen molar-refractivity contribution in [2.24, 2.45) is 0 Å². The molecule has 0 aromatic carbocycles. The van der Waals surface area contributed by atoms with E-state index in [0.717, 1.165) is 0 Å². The third-order valence-corrected chi connectivity index (χ3v) is 1.86. The minimum absolute atomic E-state index is 0.0125. The number of nitrogens with one attached hydrogen (secondary N) is 2. The average molecular weight is 172 g/mol. The van der Waals surface area contributed by atoms with Crippen LogP contribution in [0.25, 0.3) is 0 Å². The van der Waals surface area contributed by atoms with Crippen molar-refractivity contribution in [3.8, 4) is 0 Å². The fourth-order valence-electron chi connectivity index (χ4n) is 1.30. The van der Waals surface area contributed by atoms with Crippen LogP contribution >= 0.6 is 0 Å². The number of carbonyl (C=O) groups excluding carboxylic acids is 1. The van der Waals surface area contributed by atoms with E-state index in [4.69, 9.17) is 5.11 Å². The first-order valence-electron chi connectivity index (χ1n) is 4.31. The molecule has 1 aliphatic rings. The van der Waals surface area contributed by atoms with Crippen molar-refractivity contribution < 1.29 is 9.90 Å². The number of rotatable bonds is 2. The zero-order chi connectivity index (χ0) is 9.14. The molecule has 0 aliphatic carbocycles. The summed E-state index contributed by atoms with van der Waals surface area (Å²) in [6.07, 6.45) is 0.159. The summed E-state index contributed by atoms with van der Waals surface area (Å²) >= 11 is 0. The number of hydrogen-bond donors (Lipinski definition) is 3. The van der Waals surface area contributed by atoms with Gasteiger partial charge in [-0.2, -0.15) is 0 Å². The number of β-amino-alcohol motifs (C(OH)–C–C–N with tert-alkyl or cyclic N) is 1. The second-order valence-electron chi connectivity index (χ2n) is 3.51. The van der Waals surface area contributed by atoms with Gasteiger partial charge in [0.2, 0.25) is 5.91 Å². The van der Waals surface area contributed by atoms with E-state index in [1.54, 1.807) is 0 Å². The SMILES string of the molecule is CC(C)NC(=O)[C@H]1C[C@@H](O)CN1. The molecule has 70 valence electrons. The van der Waals surface area contributed by atoms with Gasteiger partial charge in [0.05, 0.1) is 12.1 Å². The summed E-state index contributed by atoms with van der Waals surface area (Å²) in [6.45, 7) is 4.36. The summed E-state index contributed by atoms with van der Waals surface area (Å²) in [5.41, 5.74) is 0. The van der Waals surface area contributed by atoms with Crippen molar-refractivity contribution in [2.45, 2.75) is 38.5 Å². The van der Waals surface area contributed by atoms with E-state index >= 15 is 0 Å². The third kappa shape index (κ3) is 2.46. The molecule has 4 heteroatoms. The van der Waals surface area contributed by atoms with E-state index in [0.29, 0.717) is 13.0 Å². The standard InChI is InChI=1S/C8H16N2O2/c1-5(2)10-8(12)7-3-6(11)4-9-7/h5-7,9,11H,3-4H2,1-2H3,(H,10,12)/t6-,7-/m1/s1. The number of aliphatic hydroxyl groups is 1. The van der Waals surface area contributed by atoms with Gasteiger partial charge in [-0.15, -0.1) is 0 Å². The lowest BCUT2D eigenvalue weighted by Gasteiger charge is -2.13. The fourth-order valence-corrected chi connectivity index (χ4v) is 1.30. The normalized spacial score (nSPS) is 29.3. The molecular formula is C8H16N2O2. The smallest absolute Gasteiger partial charge is 0.237 e. The summed E-state index contributed by atoms with van der Waals surface area (Å²) in [7, 11) is 0. The number of hydrogen-bond acceptors (Lipinski definition) is 3. The Labute approximate surface area is 72.3 Å². The first-order chi connectivity index (χ1) is 5.59. The molecule has 1 amide bonds. The molecule has 0 aromatic rings. The van der Waals surface area contributed by atoms with Crippen molar-refractivity contribution in [3.63, 3.8) is 0 Å². The van der Waals surface area contributed by atoms with E-state index in [1.807, 2.05) is 13.8 Å². The second-order valence-corrected chi connectivity index (χ2v) is 3.51. The molecule has 1 fully saturated rings. The summed E-state index contributed by atoms with van der Waals surface area (Å²) in [5.74, 6) is -0.0125. The Balaban J connectivity index is 2.33. The first kappa shape index (κ1) is 9.48. The van der Waals surface area contributed by atoms with Crippen molar-refractivity contribution in [1.82, 2.24) is 10.6 Å². The molecule has 1 rings (SSSR count). The Morgan fingerprint density at radius 3 is 2.75 bits per heavy atom. The fraction of sp³-hybridized carbons (Fsp3) is 0.875. The Morgan fingerprint density at radius 2 is 2.33 bits per heavy atom. The Morgan fingerprint density at radius 1 is 1.67 bits per heavy atom. The van der Waals surface area contributed by atoms with Crippen molar-refractivity contribution in [3.05, 3.63) is 0 Å². The van der Waals surface area contributed by atoms with Gasteiger partial charge in [0.25, 0.3) is 0 Å². The summed E-state index contributed by atoms with van der Waals surface area (Å²) in [5, 5.41) is 14.9. The maximum absolute atomic E-state index is 11.3. The number of amides is 1. The maximum Gasteiger partial charge on any atom is 0.237 e.